The van der Waals surface area contributed by atoms with E-state index in [0.29, 0.717) is 0 Å². The van der Waals surface area contributed by atoms with E-state index in [0.717, 1.165) is 11.8 Å². The third-order valence-electron chi connectivity index (χ3n) is 3.87. The number of fused-ring (bicyclic) bond motifs is 2. The normalized spacial score (nSPS) is 38.0. The first-order valence-corrected chi connectivity index (χ1v) is 5.95. The first kappa shape index (κ1) is 8.59. The lowest BCUT2D eigenvalue weighted by atomic mass is 9.93. The molecule has 0 aliphatic heterocycles. The molecule has 70 valence electrons. The van der Waals surface area contributed by atoms with Crippen molar-refractivity contribution in [1.29, 1.82) is 0 Å². The van der Waals surface area contributed by atoms with Gasteiger partial charge < -0.3 is 0 Å². The summed E-state index contributed by atoms with van der Waals surface area (Å²) in [6.45, 7) is 0. The Morgan fingerprint density at radius 3 is 1.58 bits per heavy atom. The smallest absolute Gasteiger partial charge is 0.0412 e. The van der Waals surface area contributed by atoms with Crippen LogP contribution in [0.5, 0.6) is 0 Å². The zero-order valence-corrected chi connectivity index (χ0v) is 8.23. The lowest BCUT2D eigenvalue weighted by Crippen LogP contribution is -1.99. The van der Waals surface area contributed by atoms with Crippen molar-refractivity contribution in [3.8, 4) is 0 Å². The molecule has 0 aromatic rings. The van der Waals surface area contributed by atoms with Gasteiger partial charge in [-0.15, -0.1) is 0 Å². The molecule has 2 bridgehead atoms. The van der Waals surface area contributed by atoms with Gasteiger partial charge in [0.2, 0.25) is 0 Å². The second-order valence-electron chi connectivity index (χ2n) is 4.89. The van der Waals surface area contributed by atoms with Gasteiger partial charge >= 0.3 is 0 Å². The molecule has 0 heteroatoms. The Kier molecular flexibility index (Phi) is 3.08. The Bertz CT molecular complexity index is 114. The maximum atomic E-state index is 1.58. The molecule has 0 N–H and O–H groups in total. The molecule has 2 unspecified atom stereocenters. The summed E-state index contributed by atoms with van der Waals surface area (Å²) in [4.78, 5) is 0. The highest BCUT2D eigenvalue weighted by Gasteiger charge is 2.24. The summed E-state index contributed by atoms with van der Waals surface area (Å²) in [6.07, 6.45) is 15.4. The quantitative estimate of drug-likeness (QED) is 0.507. The zero-order valence-electron chi connectivity index (χ0n) is 8.23. The van der Waals surface area contributed by atoms with E-state index in [2.05, 4.69) is 0 Å². The Morgan fingerprint density at radius 1 is 0.500 bits per heavy atom. The third kappa shape index (κ3) is 2.24. The van der Waals surface area contributed by atoms with E-state index >= 15 is 0 Å². The molecule has 2 atom stereocenters. The van der Waals surface area contributed by atoms with Gasteiger partial charge in [0.25, 0.3) is 0 Å². The van der Waals surface area contributed by atoms with Crippen LogP contribution in [-0.4, -0.2) is 0 Å². The molecule has 2 aliphatic rings. The first-order valence-electron chi connectivity index (χ1n) is 5.95. The van der Waals surface area contributed by atoms with Crippen molar-refractivity contribution in [2.24, 2.45) is 11.8 Å². The van der Waals surface area contributed by atoms with Crippen LogP contribution >= 0.6 is 0 Å². The van der Waals surface area contributed by atoms with Crippen LogP contribution in [0.1, 0.15) is 64.2 Å². The van der Waals surface area contributed by atoms with Crippen molar-refractivity contribution >= 4 is 0 Å². The van der Waals surface area contributed by atoms with Crippen molar-refractivity contribution in [3.63, 3.8) is 0 Å². The minimum Gasteiger partial charge on any atom is -0.0533 e. The van der Waals surface area contributed by atoms with Crippen LogP contribution in [0.25, 0.3) is 0 Å². The van der Waals surface area contributed by atoms with Crippen molar-refractivity contribution in [2.75, 3.05) is 0 Å². The molecule has 2 fully saturated rings. The van der Waals surface area contributed by atoms with Gasteiger partial charge in [0.05, 0.1) is 0 Å². The van der Waals surface area contributed by atoms with Crippen molar-refractivity contribution in [2.45, 2.75) is 64.2 Å². The maximum absolute atomic E-state index is 1.58. The molecule has 0 radical (unpaired) electrons. The van der Waals surface area contributed by atoms with Crippen LogP contribution in [0.2, 0.25) is 0 Å². The van der Waals surface area contributed by atoms with Gasteiger partial charge in [-0.1, -0.05) is 57.8 Å². The highest BCUT2D eigenvalue weighted by molar-refractivity contribution is 4.76. The molecule has 0 heterocycles. The maximum Gasteiger partial charge on any atom is -0.0412 e. The summed E-state index contributed by atoms with van der Waals surface area (Å²) in [5.41, 5.74) is 0. The molecular weight excluding hydrogens is 144 g/mol. The van der Waals surface area contributed by atoms with Gasteiger partial charge in [-0.25, -0.2) is 0 Å². The minimum atomic E-state index is 1.13. The van der Waals surface area contributed by atoms with Crippen molar-refractivity contribution in [1.82, 2.24) is 0 Å². The molecule has 2 aliphatic carbocycles. The average Bonchev–Trinajstić information content (AvgIpc) is 2.51. The highest BCUT2D eigenvalue weighted by atomic mass is 14.3. The highest BCUT2D eigenvalue weighted by Crippen LogP contribution is 2.37. The van der Waals surface area contributed by atoms with Crippen LogP contribution < -0.4 is 0 Å². The lowest BCUT2D eigenvalue weighted by Gasteiger charge is -2.13. The van der Waals surface area contributed by atoms with Gasteiger partial charge in [0.1, 0.15) is 0 Å². The van der Waals surface area contributed by atoms with Gasteiger partial charge in [-0.3, -0.25) is 0 Å². The molecule has 0 spiro atoms. The predicted molar refractivity (Wildman–Crippen MR) is 53.2 cm³/mol. The molecule has 0 aromatic heterocycles. The number of hydrogen-bond acceptors (Lipinski definition) is 0. The van der Waals surface area contributed by atoms with E-state index < -0.39 is 0 Å². The van der Waals surface area contributed by atoms with E-state index in [1.165, 1.54) is 32.1 Å². The van der Waals surface area contributed by atoms with Crippen LogP contribution in [-0.2, 0) is 0 Å². The monoisotopic (exact) mass is 166 g/mol. The summed E-state index contributed by atoms with van der Waals surface area (Å²) < 4.78 is 0. The predicted octanol–water partition coefficient (Wildman–Crippen LogP) is 4.15. The summed E-state index contributed by atoms with van der Waals surface area (Å²) in [5, 5.41) is 0. The number of hydrogen-bond donors (Lipinski definition) is 0. The average molecular weight is 166 g/mol. The molecule has 0 amide bonds. The zero-order chi connectivity index (χ0) is 8.23. The van der Waals surface area contributed by atoms with Gasteiger partial charge in [0.15, 0.2) is 0 Å². The van der Waals surface area contributed by atoms with Gasteiger partial charge in [0, 0.05) is 0 Å². The Balaban J connectivity index is 1.82. The second kappa shape index (κ2) is 4.30. The van der Waals surface area contributed by atoms with Crippen molar-refractivity contribution in [3.05, 3.63) is 0 Å². The lowest BCUT2D eigenvalue weighted by molar-refractivity contribution is 0.397. The first-order chi connectivity index (χ1) is 5.95. The summed E-state index contributed by atoms with van der Waals surface area (Å²) in [6, 6.07) is 0. The van der Waals surface area contributed by atoms with E-state index in [4.69, 9.17) is 0 Å². The Morgan fingerprint density at radius 2 is 1.00 bits per heavy atom. The Labute approximate surface area is 76.7 Å². The van der Waals surface area contributed by atoms with Gasteiger partial charge in [-0.2, -0.15) is 0 Å². The molecule has 2 rings (SSSR count). The molecule has 2 saturated carbocycles. The van der Waals surface area contributed by atoms with Crippen LogP contribution in [0.15, 0.2) is 0 Å². The van der Waals surface area contributed by atoms with Crippen LogP contribution in [0, 0.1) is 11.8 Å². The fraction of sp³-hybridized carbons (Fsp3) is 1.00. The van der Waals surface area contributed by atoms with E-state index in [1.807, 2.05) is 0 Å². The van der Waals surface area contributed by atoms with Crippen LogP contribution in [0.4, 0.5) is 0 Å². The number of rotatable bonds is 0. The van der Waals surface area contributed by atoms with E-state index in [1.54, 1.807) is 32.1 Å². The van der Waals surface area contributed by atoms with Gasteiger partial charge in [-0.05, 0) is 18.3 Å². The summed E-state index contributed by atoms with van der Waals surface area (Å²) in [5.74, 6) is 2.26. The SMILES string of the molecule is C1CCCC2CCC(CCC1)C2. The fourth-order valence-corrected chi connectivity index (χ4v) is 3.10. The Hall–Kier alpha value is 0. The summed E-state index contributed by atoms with van der Waals surface area (Å²) in [7, 11) is 0. The topological polar surface area (TPSA) is 0 Å². The third-order valence-corrected chi connectivity index (χ3v) is 3.87. The van der Waals surface area contributed by atoms with Crippen LogP contribution in [0.3, 0.4) is 0 Å². The molecule has 0 nitrogen and oxygen atoms in total. The fourth-order valence-electron chi connectivity index (χ4n) is 3.10. The molecule has 0 saturated heterocycles. The standard InChI is InChI=1S/C12H22/c1-2-4-6-11-8-9-12(10-11)7-5-3-1/h11-12H,1-10H2. The van der Waals surface area contributed by atoms with E-state index in [-0.39, 0.29) is 0 Å². The molecule has 0 aromatic carbocycles. The minimum absolute atomic E-state index is 1.13. The van der Waals surface area contributed by atoms with E-state index in [9.17, 15) is 0 Å². The largest absolute Gasteiger partial charge is 0.0533 e. The molecular formula is C12H22. The molecule has 12 heavy (non-hydrogen) atoms. The van der Waals surface area contributed by atoms with Crippen molar-refractivity contribution < 1.29 is 0 Å². The second-order valence-corrected chi connectivity index (χ2v) is 4.89. The summed E-state index contributed by atoms with van der Waals surface area (Å²) >= 11 is 0.